The van der Waals surface area contributed by atoms with E-state index >= 15 is 0 Å². The number of amidine groups is 1. The molecule has 0 saturated carbocycles. The van der Waals surface area contributed by atoms with E-state index in [1.54, 1.807) is 18.3 Å². The Morgan fingerprint density at radius 2 is 1.90 bits per heavy atom. The number of ether oxygens (including phenoxy) is 1. The first kappa shape index (κ1) is 12.1. The van der Waals surface area contributed by atoms with Gasteiger partial charge in [0.2, 0.25) is 5.88 Å². The van der Waals surface area contributed by atoms with Crippen molar-refractivity contribution in [2.45, 2.75) is 0 Å². The van der Waals surface area contributed by atoms with Crippen LogP contribution < -0.4 is 10.5 Å². The summed E-state index contributed by atoms with van der Waals surface area (Å²) < 4.78 is 5.64. The third kappa shape index (κ3) is 2.42. The van der Waals surface area contributed by atoms with E-state index in [1.807, 2.05) is 30.3 Å². The van der Waals surface area contributed by atoms with Crippen LogP contribution in [0, 0.1) is 5.41 Å². The molecule has 0 saturated heterocycles. The molecular formula is C15H12N4O. The van der Waals surface area contributed by atoms with E-state index in [0.29, 0.717) is 17.2 Å². The fourth-order valence-corrected chi connectivity index (χ4v) is 1.83. The number of pyridine rings is 2. The van der Waals surface area contributed by atoms with Gasteiger partial charge in [0, 0.05) is 23.2 Å². The van der Waals surface area contributed by atoms with Crippen molar-refractivity contribution in [3.05, 3.63) is 60.4 Å². The van der Waals surface area contributed by atoms with Crippen LogP contribution in [-0.2, 0) is 0 Å². The number of nitrogen functional groups attached to an aromatic ring is 1. The molecule has 5 nitrogen and oxygen atoms in total. The molecule has 0 unspecified atom stereocenters. The van der Waals surface area contributed by atoms with E-state index in [2.05, 4.69) is 9.97 Å². The van der Waals surface area contributed by atoms with Gasteiger partial charge in [-0.1, -0.05) is 18.2 Å². The van der Waals surface area contributed by atoms with Crippen molar-refractivity contribution in [2.24, 2.45) is 5.73 Å². The Labute approximate surface area is 115 Å². The number of nitrogens with two attached hydrogens (primary N) is 1. The predicted molar refractivity (Wildman–Crippen MR) is 77.1 cm³/mol. The molecule has 20 heavy (non-hydrogen) atoms. The third-order valence-corrected chi connectivity index (χ3v) is 2.84. The van der Waals surface area contributed by atoms with Crippen LogP contribution in [0.15, 0.2) is 54.9 Å². The highest BCUT2D eigenvalue weighted by atomic mass is 16.5. The Hall–Kier alpha value is -2.95. The Bertz CT molecular complexity index is 768. The Morgan fingerprint density at radius 3 is 2.65 bits per heavy atom. The van der Waals surface area contributed by atoms with E-state index in [-0.39, 0.29) is 5.84 Å². The summed E-state index contributed by atoms with van der Waals surface area (Å²) in [5, 5.41) is 8.31. The standard InChI is InChI=1S/C15H12N4O/c16-15(17)11-5-6-14(19-8-11)20-12-7-10-3-1-2-4-13(10)18-9-12/h1-9H,(H3,16,17). The maximum atomic E-state index is 7.30. The highest BCUT2D eigenvalue weighted by Crippen LogP contribution is 2.22. The van der Waals surface area contributed by atoms with Gasteiger partial charge < -0.3 is 10.5 Å². The molecule has 3 N–H and O–H groups in total. The van der Waals surface area contributed by atoms with Crippen molar-refractivity contribution in [1.29, 1.82) is 5.41 Å². The van der Waals surface area contributed by atoms with Crippen LogP contribution in [0.1, 0.15) is 5.56 Å². The highest BCUT2D eigenvalue weighted by molar-refractivity contribution is 5.94. The molecule has 0 spiro atoms. The van der Waals surface area contributed by atoms with E-state index in [4.69, 9.17) is 15.9 Å². The minimum absolute atomic E-state index is 0.0172. The van der Waals surface area contributed by atoms with Crippen LogP contribution in [0.5, 0.6) is 11.6 Å². The van der Waals surface area contributed by atoms with Gasteiger partial charge in [0.1, 0.15) is 11.6 Å². The zero-order valence-corrected chi connectivity index (χ0v) is 10.6. The van der Waals surface area contributed by atoms with Gasteiger partial charge in [-0.15, -0.1) is 0 Å². The highest BCUT2D eigenvalue weighted by Gasteiger charge is 2.02. The number of aromatic nitrogens is 2. The summed E-state index contributed by atoms with van der Waals surface area (Å²) in [6.45, 7) is 0. The van der Waals surface area contributed by atoms with Gasteiger partial charge in [0.15, 0.2) is 0 Å². The lowest BCUT2D eigenvalue weighted by Crippen LogP contribution is -2.11. The molecule has 0 fully saturated rings. The molecular weight excluding hydrogens is 252 g/mol. The van der Waals surface area contributed by atoms with Crippen LogP contribution in [-0.4, -0.2) is 15.8 Å². The fraction of sp³-hybridized carbons (Fsp3) is 0. The number of para-hydroxylation sites is 1. The molecule has 0 aliphatic rings. The van der Waals surface area contributed by atoms with E-state index < -0.39 is 0 Å². The number of benzene rings is 1. The average Bonchev–Trinajstić information content (AvgIpc) is 2.48. The van der Waals surface area contributed by atoms with Crippen molar-refractivity contribution < 1.29 is 4.74 Å². The molecule has 3 rings (SSSR count). The molecule has 2 heterocycles. The molecule has 0 aliphatic carbocycles. The number of nitrogens with one attached hydrogen (secondary N) is 1. The second kappa shape index (κ2) is 4.97. The van der Waals surface area contributed by atoms with Crippen molar-refractivity contribution in [1.82, 2.24) is 9.97 Å². The van der Waals surface area contributed by atoms with E-state index in [0.717, 1.165) is 10.9 Å². The Kier molecular flexibility index (Phi) is 3.01. The third-order valence-electron chi connectivity index (χ3n) is 2.84. The van der Waals surface area contributed by atoms with Crippen LogP contribution in [0.2, 0.25) is 0 Å². The van der Waals surface area contributed by atoms with Gasteiger partial charge in [-0.3, -0.25) is 10.4 Å². The van der Waals surface area contributed by atoms with Crippen LogP contribution in [0.25, 0.3) is 10.9 Å². The van der Waals surface area contributed by atoms with Gasteiger partial charge in [-0.25, -0.2) is 4.98 Å². The molecule has 0 radical (unpaired) electrons. The minimum Gasteiger partial charge on any atom is -0.437 e. The number of nitrogens with zero attached hydrogens (tertiary/aromatic N) is 2. The topological polar surface area (TPSA) is 84.9 Å². The van der Waals surface area contributed by atoms with Gasteiger partial charge in [-0.05, 0) is 18.2 Å². The number of hydrogen-bond donors (Lipinski definition) is 2. The zero-order chi connectivity index (χ0) is 13.9. The molecule has 0 atom stereocenters. The van der Waals surface area contributed by atoms with Crippen molar-refractivity contribution in [3.63, 3.8) is 0 Å². The number of fused-ring (bicyclic) bond motifs is 1. The molecule has 98 valence electrons. The monoisotopic (exact) mass is 264 g/mol. The molecule has 3 aromatic rings. The summed E-state index contributed by atoms with van der Waals surface area (Å²) in [5.74, 6) is 1.04. The van der Waals surface area contributed by atoms with Crippen LogP contribution >= 0.6 is 0 Å². The SMILES string of the molecule is N=C(N)c1ccc(Oc2cnc3ccccc3c2)nc1. The summed E-state index contributed by atoms with van der Waals surface area (Å²) in [5.41, 5.74) is 6.85. The van der Waals surface area contributed by atoms with Gasteiger partial charge >= 0.3 is 0 Å². The summed E-state index contributed by atoms with van der Waals surface area (Å²) in [6, 6.07) is 13.1. The Balaban J connectivity index is 1.87. The quantitative estimate of drug-likeness (QED) is 0.562. The smallest absolute Gasteiger partial charge is 0.219 e. The molecule has 0 aliphatic heterocycles. The van der Waals surface area contributed by atoms with Crippen molar-refractivity contribution >= 4 is 16.7 Å². The first-order valence-electron chi connectivity index (χ1n) is 6.05. The predicted octanol–water partition coefficient (Wildman–Crippen LogP) is 2.71. The zero-order valence-electron chi connectivity index (χ0n) is 10.6. The summed E-state index contributed by atoms with van der Waals surface area (Å²) in [6.07, 6.45) is 3.16. The van der Waals surface area contributed by atoms with Crippen molar-refractivity contribution in [2.75, 3.05) is 0 Å². The number of rotatable bonds is 3. The summed E-state index contributed by atoms with van der Waals surface area (Å²) in [7, 11) is 0. The molecule has 2 aromatic heterocycles. The van der Waals surface area contributed by atoms with Gasteiger partial charge in [-0.2, -0.15) is 0 Å². The van der Waals surface area contributed by atoms with Crippen LogP contribution in [0.4, 0.5) is 0 Å². The number of hydrogen-bond acceptors (Lipinski definition) is 4. The first-order chi connectivity index (χ1) is 9.72. The first-order valence-corrected chi connectivity index (χ1v) is 6.05. The lowest BCUT2D eigenvalue weighted by atomic mass is 10.2. The Morgan fingerprint density at radius 1 is 1.05 bits per heavy atom. The lowest BCUT2D eigenvalue weighted by Gasteiger charge is -2.06. The van der Waals surface area contributed by atoms with Crippen LogP contribution in [0.3, 0.4) is 0 Å². The molecule has 1 aromatic carbocycles. The fourth-order valence-electron chi connectivity index (χ4n) is 1.83. The maximum absolute atomic E-state index is 7.30. The average molecular weight is 264 g/mol. The van der Waals surface area contributed by atoms with E-state index in [9.17, 15) is 0 Å². The maximum Gasteiger partial charge on any atom is 0.219 e. The summed E-state index contributed by atoms with van der Waals surface area (Å²) in [4.78, 5) is 8.42. The summed E-state index contributed by atoms with van der Waals surface area (Å²) >= 11 is 0. The minimum atomic E-state index is -0.0172. The van der Waals surface area contributed by atoms with E-state index in [1.165, 1.54) is 6.20 Å². The largest absolute Gasteiger partial charge is 0.437 e. The lowest BCUT2D eigenvalue weighted by molar-refractivity contribution is 0.461. The van der Waals surface area contributed by atoms with Crippen molar-refractivity contribution in [3.8, 4) is 11.6 Å². The second-order valence-electron chi connectivity index (χ2n) is 4.26. The molecule has 5 heteroatoms. The molecule has 0 bridgehead atoms. The van der Waals surface area contributed by atoms with Gasteiger partial charge in [0.25, 0.3) is 0 Å². The second-order valence-corrected chi connectivity index (χ2v) is 4.26. The normalized spacial score (nSPS) is 10.4. The molecule has 0 amide bonds. The van der Waals surface area contributed by atoms with Gasteiger partial charge in [0.05, 0.1) is 11.7 Å².